The largest absolute Gasteiger partial charge is 0.476 e. The predicted octanol–water partition coefficient (Wildman–Crippen LogP) is 1.54. The number of fused-ring (bicyclic) bond motifs is 1. The third-order valence-electron chi connectivity index (χ3n) is 4.14. The van der Waals surface area contributed by atoms with Crippen LogP contribution in [-0.2, 0) is 11.2 Å². The first-order chi connectivity index (χ1) is 11.7. The number of hydrogen-bond donors (Lipinski definition) is 1. The third kappa shape index (κ3) is 4.12. The summed E-state index contributed by atoms with van der Waals surface area (Å²) in [5.41, 5.74) is 6.00. The summed E-state index contributed by atoms with van der Waals surface area (Å²) >= 11 is 0. The number of carbonyl (C=O) groups is 1. The summed E-state index contributed by atoms with van der Waals surface area (Å²) in [4.78, 5) is 19.9. The fourth-order valence-corrected chi connectivity index (χ4v) is 2.95. The Morgan fingerprint density at radius 3 is 2.68 bits per heavy atom. The Labute approximate surface area is 146 Å². The zero-order chi connectivity index (χ0) is 18.2. The highest BCUT2D eigenvalue weighted by molar-refractivity contribution is 5.68. The number of halogens is 1. The summed E-state index contributed by atoms with van der Waals surface area (Å²) in [5, 5.41) is 0. The predicted molar refractivity (Wildman–Crippen MR) is 91.4 cm³/mol. The molecule has 2 N–H and O–H groups in total. The van der Waals surface area contributed by atoms with Crippen LogP contribution in [0.4, 0.5) is 15.0 Å². The van der Waals surface area contributed by atoms with Gasteiger partial charge in [0, 0.05) is 37.8 Å². The third-order valence-corrected chi connectivity index (χ3v) is 4.14. The topological polar surface area (TPSA) is 80.9 Å². The minimum Gasteiger partial charge on any atom is -0.476 e. The molecule has 1 aromatic heterocycles. The summed E-state index contributed by atoms with van der Waals surface area (Å²) in [6.45, 7) is 7.77. The molecular weight excluding hydrogens is 327 g/mol. The molecule has 1 fully saturated rings. The van der Waals surface area contributed by atoms with Crippen LogP contribution in [-0.4, -0.2) is 60.4 Å². The summed E-state index contributed by atoms with van der Waals surface area (Å²) < 4.78 is 25.4. The lowest BCUT2D eigenvalue weighted by atomic mass is 10.1. The molecule has 0 aliphatic carbocycles. The average molecular weight is 352 g/mol. The second-order valence-corrected chi connectivity index (χ2v) is 7.49. The molecule has 0 bridgehead atoms. The quantitative estimate of drug-likeness (QED) is 0.826. The smallest absolute Gasteiger partial charge is 0.410 e. The van der Waals surface area contributed by atoms with Gasteiger partial charge in [0.2, 0.25) is 5.88 Å². The summed E-state index contributed by atoms with van der Waals surface area (Å²) in [6, 6.07) is 1.33. The van der Waals surface area contributed by atoms with Crippen molar-refractivity contribution >= 4 is 11.9 Å². The van der Waals surface area contributed by atoms with Crippen LogP contribution in [0.25, 0.3) is 0 Å². The number of hydrogen-bond acceptors (Lipinski definition) is 6. The Bertz CT molecular complexity index is 654. The van der Waals surface area contributed by atoms with Crippen LogP contribution < -0.4 is 15.4 Å². The molecule has 0 saturated carbocycles. The van der Waals surface area contributed by atoms with E-state index < -0.39 is 5.60 Å². The molecule has 3 rings (SSSR count). The van der Waals surface area contributed by atoms with E-state index in [-0.39, 0.29) is 23.8 Å². The van der Waals surface area contributed by atoms with Crippen LogP contribution in [0, 0.1) is 5.82 Å². The Hall–Kier alpha value is -2.09. The van der Waals surface area contributed by atoms with E-state index in [9.17, 15) is 9.18 Å². The first-order valence-electron chi connectivity index (χ1n) is 8.53. The molecule has 1 atom stereocenters. The molecule has 2 aliphatic heterocycles. The number of ether oxygens (including phenoxy) is 2. The molecule has 25 heavy (non-hydrogen) atoms. The fourth-order valence-electron chi connectivity index (χ4n) is 2.95. The zero-order valence-corrected chi connectivity index (χ0v) is 14.9. The normalized spacial score (nSPS) is 20.8. The molecule has 8 heteroatoms. The van der Waals surface area contributed by atoms with Crippen molar-refractivity contribution in [1.82, 2.24) is 9.88 Å². The number of piperazine rings is 1. The molecule has 138 valence electrons. The van der Waals surface area contributed by atoms with E-state index in [0.717, 1.165) is 0 Å². The summed E-state index contributed by atoms with van der Waals surface area (Å²) in [5.74, 6) is 0.327. The number of anilines is 1. The molecule has 0 aromatic carbocycles. The Kier molecular flexibility index (Phi) is 4.73. The van der Waals surface area contributed by atoms with Crippen LogP contribution in [0.3, 0.4) is 0 Å². The van der Waals surface area contributed by atoms with E-state index in [2.05, 4.69) is 4.98 Å². The molecule has 2 aliphatic rings. The fraction of sp³-hybridized carbons (Fsp3) is 0.647. The lowest BCUT2D eigenvalue weighted by Gasteiger charge is -2.36. The number of amides is 1. The van der Waals surface area contributed by atoms with Crippen molar-refractivity contribution in [1.29, 1.82) is 0 Å². The number of aromatic nitrogens is 1. The van der Waals surface area contributed by atoms with E-state index in [1.54, 1.807) is 4.90 Å². The van der Waals surface area contributed by atoms with Crippen LogP contribution in [0.2, 0.25) is 0 Å². The molecule has 7 nitrogen and oxygen atoms in total. The molecular formula is C17H25FN4O3. The van der Waals surface area contributed by atoms with E-state index >= 15 is 0 Å². The molecule has 1 aromatic rings. The van der Waals surface area contributed by atoms with Gasteiger partial charge in [0.15, 0.2) is 11.6 Å². The second-order valence-electron chi connectivity index (χ2n) is 7.49. The maximum absolute atomic E-state index is 14.5. The van der Waals surface area contributed by atoms with Crippen LogP contribution in [0.5, 0.6) is 5.88 Å². The zero-order valence-electron chi connectivity index (χ0n) is 14.9. The van der Waals surface area contributed by atoms with Crippen molar-refractivity contribution in [3.8, 4) is 5.88 Å². The van der Waals surface area contributed by atoms with Crippen molar-refractivity contribution in [2.45, 2.75) is 38.8 Å². The highest BCUT2D eigenvalue weighted by Gasteiger charge is 2.29. The van der Waals surface area contributed by atoms with E-state index in [1.807, 2.05) is 25.7 Å². The number of nitrogens with zero attached hydrogens (tertiary/aromatic N) is 3. The van der Waals surface area contributed by atoms with Gasteiger partial charge in [0.25, 0.3) is 0 Å². The molecule has 0 spiro atoms. The molecule has 1 saturated heterocycles. The summed E-state index contributed by atoms with van der Waals surface area (Å²) in [6.07, 6.45) is 0.217. The van der Waals surface area contributed by atoms with Crippen molar-refractivity contribution < 1.29 is 18.7 Å². The van der Waals surface area contributed by atoms with Crippen LogP contribution in [0.1, 0.15) is 26.3 Å². The highest BCUT2D eigenvalue weighted by Crippen LogP contribution is 2.29. The van der Waals surface area contributed by atoms with Crippen LogP contribution in [0.15, 0.2) is 6.07 Å². The second kappa shape index (κ2) is 6.67. The van der Waals surface area contributed by atoms with Crippen molar-refractivity contribution in [2.24, 2.45) is 5.73 Å². The maximum Gasteiger partial charge on any atom is 0.410 e. The summed E-state index contributed by atoms with van der Waals surface area (Å²) in [7, 11) is 0. The van der Waals surface area contributed by atoms with Gasteiger partial charge in [-0.2, -0.15) is 4.98 Å². The van der Waals surface area contributed by atoms with Crippen molar-refractivity contribution in [3.05, 3.63) is 17.4 Å². The van der Waals surface area contributed by atoms with Gasteiger partial charge in [-0.15, -0.1) is 0 Å². The standard InChI is InChI=1S/C17H25FN4O3/c1-17(2,3)25-16(23)22-6-4-21(5-7-22)14-13(18)9-11-8-12(19)10-24-15(11)20-14/h9,12H,4-8,10,19H2,1-3H3/t12-/m1/s1. The Balaban J connectivity index is 1.66. The van der Waals surface area contributed by atoms with Gasteiger partial charge in [0.05, 0.1) is 0 Å². The minimum atomic E-state index is -0.529. The number of nitrogens with two attached hydrogens (primary N) is 1. The maximum atomic E-state index is 14.5. The van der Waals surface area contributed by atoms with Crippen molar-refractivity contribution in [2.75, 3.05) is 37.7 Å². The van der Waals surface area contributed by atoms with Gasteiger partial charge in [-0.05, 0) is 33.3 Å². The lowest BCUT2D eigenvalue weighted by Crippen LogP contribution is -2.50. The molecule has 0 unspecified atom stereocenters. The van der Waals surface area contributed by atoms with E-state index in [0.29, 0.717) is 50.7 Å². The van der Waals surface area contributed by atoms with Gasteiger partial charge in [-0.25, -0.2) is 9.18 Å². The van der Waals surface area contributed by atoms with Crippen molar-refractivity contribution in [3.63, 3.8) is 0 Å². The lowest BCUT2D eigenvalue weighted by molar-refractivity contribution is 0.0240. The van der Waals surface area contributed by atoms with Gasteiger partial charge < -0.3 is 25.0 Å². The van der Waals surface area contributed by atoms with Gasteiger partial charge >= 0.3 is 6.09 Å². The Morgan fingerprint density at radius 1 is 1.36 bits per heavy atom. The first-order valence-corrected chi connectivity index (χ1v) is 8.53. The van der Waals surface area contributed by atoms with E-state index in [4.69, 9.17) is 15.2 Å². The number of pyridine rings is 1. The number of rotatable bonds is 1. The monoisotopic (exact) mass is 352 g/mol. The van der Waals surface area contributed by atoms with Gasteiger partial charge in [0.1, 0.15) is 12.2 Å². The molecule has 1 amide bonds. The first kappa shape index (κ1) is 17.7. The molecule has 0 radical (unpaired) electrons. The van der Waals surface area contributed by atoms with Gasteiger partial charge in [-0.3, -0.25) is 0 Å². The van der Waals surface area contributed by atoms with Gasteiger partial charge in [-0.1, -0.05) is 0 Å². The highest BCUT2D eigenvalue weighted by atomic mass is 19.1. The average Bonchev–Trinajstić information content (AvgIpc) is 2.52. The minimum absolute atomic E-state index is 0.128. The van der Waals surface area contributed by atoms with Crippen LogP contribution >= 0.6 is 0 Å². The SMILES string of the molecule is CC(C)(C)OC(=O)N1CCN(c2nc3c(cc2F)C[C@@H](N)CO3)CC1. The molecule has 3 heterocycles. The number of carbonyl (C=O) groups excluding carboxylic acids is 1. The Morgan fingerprint density at radius 2 is 2.04 bits per heavy atom. The van der Waals surface area contributed by atoms with E-state index in [1.165, 1.54) is 6.07 Å².